The Hall–Kier alpha value is -4.13. The fourth-order valence-corrected chi connectivity index (χ4v) is 4.76. The molecule has 2 saturated carbocycles. The maximum atomic E-state index is 14.5. The zero-order valence-electron chi connectivity index (χ0n) is 21.7. The highest BCUT2D eigenvalue weighted by Gasteiger charge is 2.59. The first-order valence-corrected chi connectivity index (χ1v) is 13.1. The molecule has 0 aliphatic heterocycles. The summed E-state index contributed by atoms with van der Waals surface area (Å²) in [6, 6.07) is 18.8. The van der Waals surface area contributed by atoms with Gasteiger partial charge in [0, 0.05) is 30.0 Å². The second-order valence-electron chi connectivity index (χ2n) is 9.71. The van der Waals surface area contributed by atoms with Gasteiger partial charge in [-0.15, -0.1) is 0 Å². The zero-order chi connectivity index (χ0) is 27.0. The Morgan fingerprint density at radius 1 is 1.03 bits per heavy atom. The number of aromatic nitrogens is 2. The number of rotatable bonds is 6. The summed E-state index contributed by atoms with van der Waals surface area (Å²) in [6.45, 7) is 5.30. The number of hydrogen-bond acceptors (Lipinski definition) is 4. The average molecular weight is 512 g/mol. The summed E-state index contributed by atoms with van der Waals surface area (Å²) >= 11 is 0. The number of ketones is 1. The largest absolute Gasteiger partial charge is 0.349 e. The monoisotopic (exact) mass is 511 g/mol. The third-order valence-electron chi connectivity index (χ3n) is 7.17. The Morgan fingerprint density at radius 2 is 1.76 bits per heavy atom. The summed E-state index contributed by atoms with van der Waals surface area (Å²) in [5.74, 6) is -1.17. The standard InChI is InChI=1S/C29H24FN3O3.C2H6/c1-17(34)29(30)15-25(29)19-9-7-18(8-10-19)20-4-2-5-22(14-20)33-16-24(28(36)32-21-11-12-21)26(35)23-6-3-13-31-27(23)33;1-2/h2-10,13-14,16,21,25H,11-12,15H2,1H3,(H,32,36);1-2H3. The third kappa shape index (κ3) is 4.64. The van der Waals surface area contributed by atoms with Gasteiger partial charge in [0.1, 0.15) is 11.2 Å². The van der Waals surface area contributed by atoms with Crippen LogP contribution in [0.2, 0.25) is 0 Å². The van der Waals surface area contributed by atoms with Gasteiger partial charge in [0.05, 0.1) is 5.39 Å². The molecule has 0 radical (unpaired) electrons. The Bertz CT molecular complexity index is 1590. The van der Waals surface area contributed by atoms with E-state index in [2.05, 4.69) is 10.3 Å². The smallest absolute Gasteiger partial charge is 0.257 e. The molecule has 2 heterocycles. The number of amides is 1. The van der Waals surface area contributed by atoms with E-state index < -0.39 is 11.5 Å². The molecule has 0 spiro atoms. The van der Waals surface area contributed by atoms with E-state index in [0.717, 1.165) is 35.2 Å². The number of nitrogens with zero attached hydrogens (tertiary/aromatic N) is 2. The molecule has 194 valence electrons. The van der Waals surface area contributed by atoms with Crippen molar-refractivity contribution in [2.24, 2.45) is 0 Å². The van der Waals surface area contributed by atoms with Crippen LogP contribution >= 0.6 is 0 Å². The maximum absolute atomic E-state index is 14.5. The van der Waals surface area contributed by atoms with Crippen LogP contribution in [0, 0.1) is 0 Å². The van der Waals surface area contributed by atoms with Crippen molar-refractivity contribution in [2.45, 2.75) is 57.7 Å². The van der Waals surface area contributed by atoms with E-state index in [1.54, 1.807) is 29.1 Å². The first-order chi connectivity index (χ1) is 18.3. The number of nitrogens with one attached hydrogen (secondary N) is 1. The van der Waals surface area contributed by atoms with Crippen LogP contribution in [0.25, 0.3) is 27.8 Å². The molecule has 2 fully saturated rings. The molecule has 1 N–H and O–H groups in total. The first kappa shape index (κ1) is 25.5. The Kier molecular flexibility index (Phi) is 6.69. The first-order valence-electron chi connectivity index (χ1n) is 13.1. The Balaban J connectivity index is 0.00000144. The molecule has 2 atom stereocenters. The molecule has 4 aromatic rings. The molecule has 7 heteroatoms. The molecule has 2 aliphatic rings. The topological polar surface area (TPSA) is 81.1 Å². The fraction of sp³-hybridized carbons (Fsp3) is 0.290. The van der Waals surface area contributed by atoms with Gasteiger partial charge in [-0.2, -0.15) is 0 Å². The maximum Gasteiger partial charge on any atom is 0.257 e. The van der Waals surface area contributed by atoms with Crippen molar-refractivity contribution < 1.29 is 14.0 Å². The van der Waals surface area contributed by atoms with E-state index in [1.165, 1.54) is 6.92 Å². The number of pyridine rings is 2. The van der Waals surface area contributed by atoms with Crippen LogP contribution in [0.3, 0.4) is 0 Å². The molecule has 6 nitrogen and oxygen atoms in total. The lowest BCUT2D eigenvalue weighted by atomic mass is 10.0. The Labute approximate surface area is 220 Å². The number of benzene rings is 2. The molecular formula is C31H30FN3O3. The van der Waals surface area contributed by atoms with Crippen LogP contribution in [0.5, 0.6) is 0 Å². The van der Waals surface area contributed by atoms with Gasteiger partial charge in [0.25, 0.3) is 5.91 Å². The summed E-state index contributed by atoms with van der Waals surface area (Å²) in [5, 5.41) is 3.28. The second-order valence-corrected chi connectivity index (χ2v) is 9.71. The van der Waals surface area contributed by atoms with E-state index in [4.69, 9.17) is 0 Å². The van der Waals surface area contributed by atoms with E-state index in [9.17, 15) is 18.8 Å². The Morgan fingerprint density at radius 3 is 2.42 bits per heavy atom. The van der Waals surface area contributed by atoms with Crippen molar-refractivity contribution in [1.82, 2.24) is 14.9 Å². The summed E-state index contributed by atoms with van der Waals surface area (Å²) in [4.78, 5) is 41.9. The van der Waals surface area contributed by atoms with Gasteiger partial charge in [-0.3, -0.25) is 14.4 Å². The number of alkyl halides is 1. The average Bonchev–Trinajstić information content (AvgIpc) is 3.88. The number of carbonyl (C=O) groups excluding carboxylic acids is 2. The highest BCUT2D eigenvalue weighted by atomic mass is 19.1. The third-order valence-corrected chi connectivity index (χ3v) is 7.17. The highest BCUT2D eigenvalue weighted by Crippen LogP contribution is 2.55. The molecule has 38 heavy (non-hydrogen) atoms. The van der Waals surface area contributed by atoms with Crippen LogP contribution < -0.4 is 10.7 Å². The van der Waals surface area contributed by atoms with Crippen molar-refractivity contribution in [3.05, 3.63) is 94.4 Å². The van der Waals surface area contributed by atoms with Gasteiger partial charge in [0.15, 0.2) is 11.5 Å². The highest BCUT2D eigenvalue weighted by molar-refractivity contribution is 5.97. The number of fused-ring (bicyclic) bond motifs is 1. The van der Waals surface area contributed by atoms with Crippen LogP contribution in [0.1, 0.15) is 61.9 Å². The van der Waals surface area contributed by atoms with Crippen LogP contribution in [-0.2, 0) is 4.79 Å². The van der Waals surface area contributed by atoms with Gasteiger partial charge in [-0.05, 0) is 67.1 Å². The summed E-state index contributed by atoms with van der Waals surface area (Å²) in [5.41, 5.74) is 1.89. The number of halogens is 1. The quantitative estimate of drug-likeness (QED) is 0.357. The second kappa shape index (κ2) is 9.97. The van der Waals surface area contributed by atoms with Crippen molar-refractivity contribution in [3.8, 4) is 16.8 Å². The molecule has 2 aromatic carbocycles. The normalized spacial score (nSPS) is 19.8. The SMILES string of the molecule is CC.CC(=O)C1(F)CC1c1ccc(-c2cccc(-n3cc(C(=O)NC4CC4)c(=O)c4cccnc43)c2)cc1. The molecule has 1 amide bonds. The predicted octanol–water partition coefficient (Wildman–Crippen LogP) is 5.76. The van der Waals surface area contributed by atoms with Crippen LogP contribution in [0.15, 0.2) is 77.9 Å². The van der Waals surface area contributed by atoms with Crippen LogP contribution in [0.4, 0.5) is 4.39 Å². The lowest BCUT2D eigenvalue weighted by Gasteiger charge is -2.14. The minimum absolute atomic E-state index is 0.0850. The number of hydrogen-bond donors (Lipinski definition) is 1. The molecule has 2 unspecified atom stereocenters. The molecule has 0 bridgehead atoms. The number of carbonyl (C=O) groups is 2. The summed E-state index contributed by atoms with van der Waals surface area (Å²) < 4.78 is 16.3. The van der Waals surface area contributed by atoms with Crippen LogP contribution in [-0.4, -0.2) is 33.0 Å². The van der Waals surface area contributed by atoms with Crippen molar-refractivity contribution in [3.63, 3.8) is 0 Å². The van der Waals surface area contributed by atoms with Crippen molar-refractivity contribution in [2.75, 3.05) is 0 Å². The molecule has 6 rings (SSSR count). The van der Waals surface area contributed by atoms with E-state index in [-0.39, 0.29) is 35.3 Å². The molecular weight excluding hydrogens is 481 g/mol. The van der Waals surface area contributed by atoms with E-state index in [0.29, 0.717) is 11.0 Å². The van der Waals surface area contributed by atoms with Gasteiger partial charge in [-0.25, -0.2) is 9.37 Å². The summed E-state index contributed by atoms with van der Waals surface area (Å²) in [7, 11) is 0. The van der Waals surface area contributed by atoms with Gasteiger partial charge in [-0.1, -0.05) is 50.2 Å². The number of Topliss-reactive ketones (excluding diaryl/α,β-unsaturated/α-hetero) is 1. The van der Waals surface area contributed by atoms with E-state index >= 15 is 0 Å². The fourth-order valence-electron chi connectivity index (χ4n) is 4.76. The summed E-state index contributed by atoms with van der Waals surface area (Å²) in [6.07, 6.45) is 5.28. The molecule has 0 saturated heterocycles. The minimum Gasteiger partial charge on any atom is -0.349 e. The van der Waals surface area contributed by atoms with Gasteiger partial charge >= 0.3 is 0 Å². The minimum atomic E-state index is -1.73. The lowest BCUT2D eigenvalue weighted by molar-refractivity contribution is -0.123. The predicted molar refractivity (Wildman–Crippen MR) is 146 cm³/mol. The zero-order valence-corrected chi connectivity index (χ0v) is 21.7. The molecule has 2 aliphatic carbocycles. The lowest BCUT2D eigenvalue weighted by Crippen LogP contribution is -2.31. The van der Waals surface area contributed by atoms with Gasteiger partial charge in [0.2, 0.25) is 5.43 Å². The van der Waals surface area contributed by atoms with Crippen molar-refractivity contribution in [1.29, 1.82) is 0 Å². The molecule has 2 aromatic heterocycles. The van der Waals surface area contributed by atoms with Crippen molar-refractivity contribution >= 4 is 22.7 Å². The van der Waals surface area contributed by atoms with Gasteiger partial charge < -0.3 is 9.88 Å². The van der Waals surface area contributed by atoms with E-state index in [1.807, 2.05) is 62.4 Å².